The van der Waals surface area contributed by atoms with Crippen molar-refractivity contribution in [2.75, 3.05) is 6.61 Å². The second kappa shape index (κ2) is 19.3. The van der Waals surface area contributed by atoms with Crippen LogP contribution in [0.2, 0.25) is 0 Å². The number of hydrogen-bond donors (Lipinski definition) is 0. The molecule has 0 N–H and O–H groups in total. The standard InChI is InChI=1S/C38H68Br2O6/c1-10-37(8)24-22-20-18-16-14-12-13-15-17-19-21-23-25-38(9,11-2)46-32-28(3)31(45-34(42)36(6,7)40)29(26-37)30(44-32)27-43-33(41)35(4,5)39/h28-32H,10-27H2,1-9H3. The Labute approximate surface area is 299 Å². The molecule has 0 spiro atoms. The summed E-state index contributed by atoms with van der Waals surface area (Å²) in [5, 5.41) is 0. The molecule has 3 saturated heterocycles. The molecule has 46 heavy (non-hydrogen) atoms. The minimum atomic E-state index is -0.831. The number of carbonyl (C=O) groups excluding carboxylic acids is 2. The summed E-state index contributed by atoms with van der Waals surface area (Å²) in [4.78, 5) is 26.4. The van der Waals surface area contributed by atoms with Crippen LogP contribution in [0.25, 0.3) is 0 Å². The zero-order chi connectivity index (χ0) is 34.6. The SMILES string of the molecule is CCC1(C)CCCCCCCCCCCCCCC(C)(CC)OC2OC(COC(=O)C(C)(C)Br)C(C1)C(OC(=O)C(C)(C)Br)C2C. The fourth-order valence-corrected chi connectivity index (χ4v) is 7.10. The van der Waals surface area contributed by atoms with Gasteiger partial charge in [-0.15, -0.1) is 0 Å². The molecule has 0 aromatic carbocycles. The summed E-state index contributed by atoms with van der Waals surface area (Å²) in [6.07, 6.45) is 18.6. The van der Waals surface area contributed by atoms with Gasteiger partial charge in [-0.2, -0.15) is 0 Å². The molecule has 3 aliphatic heterocycles. The van der Waals surface area contributed by atoms with Crippen LogP contribution in [-0.4, -0.2) is 51.3 Å². The fourth-order valence-electron chi connectivity index (χ4n) is 6.90. The third-order valence-corrected chi connectivity index (χ3v) is 11.4. The number of carbonyl (C=O) groups is 2. The van der Waals surface area contributed by atoms with Crippen LogP contribution in [-0.2, 0) is 28.5 Å². The van der Waals surface area contributed by atoms with Gasteiger partial charge in [-0.05, 0) is 65.7 Å². The highest BCUT2D eigenvalue weighted by molar-refractivity contribution is 9.10. The molecule has 0 amide bonds. The molecule has 0 saturated carbocycles. The second-order valence-corrected chi connectivity index (χ2v) is 20.0. The molecule has 0 aromatic heterocycles. The molecule has 7 atom stereocenters. The molecule has 0 aliphatic carbocycles. The molecule has 3 rings (SSSR count). The maximum atomic E-state index is 13.5. The van der Waals surface area contributed by atoms with Crippen LogP contribution in [0.4, 0.5) is 0 Å². The first-order chi connectivity index (χ1) is 21.4. The summed E-state index contributed by atoms with van der Waals surface area (Å²) in [6, 6.07) is 0. The summed E-state index contributed by atoms with van der Waals surface area (Å²) in [5.74, 6) is -1.00. The van der Waals surface area contributed by atoms with Crippen LogP contribution in [0.1, 0.15) is 171 Å². The number of halogens is 2. The van der Waals surface area contributed by atoms with Gasteiger partial charge in [-0.3, -0.25) is 9.59 Å². The van der Waals surface area contributed by atoms with Gasteiger partial charge < -0.3 is 18.9 Å². The lowest BCUT2D eigenvalue weighted by molar-refractivity contribution is -0.306. The first kappa shape index (κ1) is 42.0. The minimum absolute atomic E-state index is 0.0297. The van der Waals surface area contributed by atoms with Gasteiger partial charge in [0.25, 0.3) is 0 Å². The predicted octanol–water partition coefficient (Wildman–Crippen LogP) is 11.2. The van der Waals surface area contributed by atoms with Gasteiger partial charge in [0.1, 0.15) is 27.5 Å². The van der Waals surface area contributed by atoms with Crippen LogP contribution in [0.5, 0.6) is 0 Å². The number of fused-ring (bicyclic) bond motifs is 19. The Kier molecular flexibility index (Phi) is 17.6. The summed E-state index contributed by atoms with van der Waals surface area (Å²) in [7, 11) is 0. The van der Waals surface area contributed by atoms with E-state index in [1.165, 1.54) is 70.6 Å². The van der Waals surface area contributed by atoms with Gasteiger partial charge in [-0.1, -0.05) is 143 Å². The second-order valence-electron chi connectivity index (χ2n) is 16.0. The third kappa shape index (κ3) is 14.0. The van der Waals surface area contributed by atoms with Crippen LogP contribution >= 0.6 is 31.9 Å². The lowest BCUT2D eigenvalue weighted by atomic mass is 9.69. The zero-order valence-electron chi connectivity index (χ0n) is 30.8. The lowest BCUT2D eigenvalue weighted by Crippen LogP contribution is -2.57. The summed E-state index contributed by atoms with van der Waals surface area (Å²) in [6.45, 7) is 18.4. The number of rotatable bonds is 7. The fraction of sp³-hybridized carbons (Fsp3) is 0.947. The molecule has 0 aromatic rings. The highest BCUT2D eigenvalue weighted by Gasteiger charge is 2.51. The van der Waals surface area contributed by atoms with E-state index in [0.29, 0.717) is 0 Å². The topological polar surface area (TPSA) is 71.1 Å². The molecule has 0 radical (unpaired) electrons. The van der Waals surface area contributed by atoms with E-state index in [2.05, 4.69) is 66.5 Å². The normalized spacial score (nSPS) is 33.8. The number of alkyl halides is 2. The number of hydrogen-bond acceptors (Lipinski definition) is 6. The van der Waals surface area contributed by atoms with Crippen molar-refractivity contribution < 1.29 is 28.5 Å². The average Bonchev–Trinajstić information content (AvgIpc) is 2.98. The Morgan fingerprint density at radius 1 is 0.761 bits per heavy atom. The Morgan fingerprint density at radius 3 is 1.70 bits per heavy atom. The van der Waals surface area contributed by atoms with E-state index in [0.717, 1.165) is 38.5 Å². The average molecular weight is 781 g/mol. The number of esters is 2. The van der Waals surface area contributed by atoms with Crippen molar-refractivity contribution in [3.63, 3.8) is 0 Å². The molecular formula is C38H68Br2O6. The summed E-state index contributed by atoms with van der Waals surface area (Å²) in [5.41, 5.74) is -0.342. The van der Waals surface area contributed by atoms with E-state index in [1.54, 1.807) is 13.8 Å². The van der Waals surface area contributed by atoms with Crippen molar-refractivity contribution in [2.45, 2.75) is 204 Å². The summed E-state index contributed by atoms with van der Waals surface area (Å²) >= 11 is 7.00. The van der Waals surface area contributed by atoms with Crippen molar-refractivity contribution in [3.8, 4) is 0 Å². The molecule has 3 aliphatic rings. The lowest BCUT2D eigenvalue weighted by Gasteiger charge is -2.49. The maximum Gasteiger partial charge on any atom is 0.322 e. The van der Waals surface area contributed by atoms with Gasteiger partial charge >= 0.3 is 11.9 Å². The smallest absolute Gasteiger partial charge is 0.322 e. The zero-order valence-corrected chi connectivity index (χ0v) is 34.0. The van der Waals surface area contributed by atoms with Crippen LogP contribution in [0, 0.1) is 17.3 Å². The third-order valence-electron chi connectivity index (χ3n) is 10.7. The monoisotopic (exact) mass is 778 g/mol. The maximum absolute atomic E-state index is 13.5. The van der Waals surface area contributed by atoms with Crippen LogP contribution in [0.15, 0.2) is 0 Å². The molecule has 6 nitrogen and oxygen atoms in total. The minimum Gasteiger partial charge on any atom is -0.462 e. The molecule has 2 bridgehead atoms. The van der Waals surface area contributed by atoms with Crippen molar-refractivity contribution in [1.82, 2.24) is 0 Å². The Morgan fingerprint density at radius 2 is 1.24 bits per heavy atom. The van der Waals surface area contributed by atoms with Gasteiger partial charge in [-0.25, -0.2) is 0 Å². The summed E-state index contributed by atoms with van der Waals surface area (Å²) < 4.78 is 24.5. The van der Waals surface area contributed by atoms with Gasteiger partial charge in [0, 0.05) is 11.8 Å². The molecule has 8 heteroatoms. The highest BCUT2D eigenvalue weighted by Crippen LogP contribution is 2.45. The van der Waals surface area contributed by atoms with Crippen molar-refractivity contribution >= 4 is 43.8 Å². The Balaban J connectivity index is 2.49. The van der Waals surface area contributed by atoms with Gasteiger partial charge in [0.05, 0.1) is 5.60 Å². The predicted molar refractivity (Wildman–Crippen MR) is 196 cm³/mol. The van der Waals surface area contributed by atoms with Crippen LogP contribution < -0.4 is 0 Å². The molecule has 7 unspecified atom stereocenters. The van der Waals surface area contributed by atoms with Crippen molar-refractivity contribution in [2.24, 2.45) is 17.3 Å². The number of ether oxygens (including phenoxy) is 4. The van der Waals surface area contributed by atoms with Crippen LogP contribution in [0.3, 0.4) is 0 Å². The van der Waals surface area contributed by atoms with Gasteiger partial charge in [0.2, 0.25) is 0 Å². The quantitative estimate of drug-likeness (QED) is 0.189. The Bertz CT molecular complexity index is 914. The molecule has 3 fully saturated rings. The van der Waals surface area contributed by atoms with Gasteiger partial charge in [0.15, 0.2) is 6.29 Å². The molecular weight excluding hydrogens is 712 g/mol. The van der Waals surface area contributed by atoms with Crippen molar-refractivity contribution in [3.05, 3.63) is 0 Å². The van der Waals surface area contributed by atoms with E-state index < -0.39 is 27.1 Å². The van der Waals surface area contributed by atoms with E-state index >= 15 is 0 Å². The van der Waals surface area contributed by atoms with E-state index in [-0.39, 0.29) is 41.4 Å². The molecule has 270 valence electrons. The van der Waals surface area contributed by atoms with Crippen molar-refractivity contribution in [1.29, 1.82) is 0 Å². The highest BCUT2D eigenvalue weighted by atomic mass is 79.9. The molecule has 3 heterocycles. The van der Waals surface area contributed by atoms with E-state index in [4.69, 9.17) is 18.9 Å². The largest absolute Gasteiger partial charge is 0.462 e. The van der Waals surface area contributed by atoms with E-state index in [1.807, 2.05) is 13.8 Å². The van der Waals surface area contributed by atoms with E-state index in [9.17, 15) is 9.59 Å². The first-order valence-corrected chi connectivity index (χ1v) is 20.1. The first-order valence-electron chi connectivity index (χ1n) is 18.5. The Hall–Kier alpha value is -0.180.